The molecule has 0 radical (unpaired) electrons. The van der Waals surface area contributed by atoms with Crippen molar-refractivity contribution in [3.63, 3.8) is 0 Å². The fourth-order valence-electron chi connectivity index (χ4n) is 3.83. The van der Waals surface area contributed by atoms with E-state index in [4.69, 9.17) is 5.73 Å². The highest BCUT2D eigenvalue weighted by Gasteiger charge is 2.26. The second kappa shape index (κ2) is 19.3. The third-order valence-electron chi connectivity index (χ3n) is 6.23. The van der Waals surface area contributed by atoms with Gasteiger partial charge in [0.2, 0.25) is 41.3 Å². The van der Waals surface area contributed by atoms with Crippen LogP contribution in [0.4, 0.5) is 0 Å². The first kappa shape index (κ1) is 37.1. The molecule has 6 amide bonds. The number of aromatic nitrogens is 1. The summed E-state index contributed by atoms with van der Waals surface area (Å²) >= 11 is 0.959. The maximum atomic E-state index is 13.0. The van der Waals surface area contributed by atoms with Crippen LogP contribution in [-0.2, 0) is 35.3 Å². The summed E-state index contributed by atoms with van der Waals surface area (Å²) in [6.07, 6.45) is 1.84. The van der Waals surface area contributed by atoms with Crippen molar-refractivity contribution >= 4 is 47.2 Å². The Morgan fingerprint density at radius 1 is 0.930 bits per heavy atom. The van der Waals surface area contributed by atoms with Crippen molar-refractivity contribution in [3.8, 4) is 11.8 Å². The molecule has 0 bridgehead atoms. The molecule has 1 rings (SSSR count). The van der Waals surface area contributed by atoms with E-state index in [2.05, 4.69) is 26.6 Å². The molecule has 242 valence electrons. The summed E-state index contributed by atoms with van der Waals surface area (Å²) in [7, 11) is 0. The smallest absolute Gasteiger partial charge is 0.243 e. The molecule has 3 unspecified atom stereocenters. The van der Waals surface area contributed by atoms with E-state index in [1.165, 1.54) is 13.0 Å². The Hall–Kier alpha value is -3.95. The van der Waals surface area contributed by atoms with E-state index >= 15 is 0 Å². The average molecular weight is 628 g/mol. The van der Waals surface area contributed by atoms with Crippen LogP contribution < -0.4 is 32.3 Å². The van der Waals surface area contributed by atoms with Gasteiger partial charge in [0.05, 0.1) is 4.90 Å². The lowest BCUT2D eigenvalue weighted by Crippen LogP contribution is -2.53. The molecule has 16 heteroatoms. The van der Waals surface area contributed by atoms with Crippen LogP contribution in [0.2, 0.25) is 0 Å². The van der Waals surface area contributed by atoms with Gasteiger partial charge >= 0.3 is 0 Å². The van der Waals surface area contributed by atoms with E-state index in [1.807, 2.05) is 0 Å². The van der Waals surface area contributed by atoms with Crippen LogP contribution in [0.15, 0.2) is 11.0 Å². The zero-order chi connectivity index (χ0) is 32.5. The van der Waals surface area contributed by atoms with E-state index in [9.17, 15) is 39.0 Å². The minimum atomic E-state index is -1.16. The monoisotopic (exact) mass is 627 g/mol. The van der Waals surface area contributed by atoms with Gasteiger partial charge in [0.1, 0.15) is 12.1 Å². The quantitative estimate of drug-likeness (QED) is 0.0692. The highest BCUT2D eigenvalue weighted by Crippen LogP contribution is 2.35. The van der Waals surface area contributed by atoms with Crippen molar-refractivity contribution in [2.75, 3.05) is 18.8 Å². The summed E-state index contributed by atoms with van der Waals surface area (Å²) < 4.78 is 1.12. The molecule has 3 atom stereocenters. The maximum Gasteiger partial charge on any atom is 0.243 e. The number of carbonyl (C=O) groups is 6. The molecule has 1 aromatic heterocycles. The molecule has 9 N–H and O–H groups in total. The van der Waals surface area contributed by atoms with Crippen molar-refractivity contribution < 1.29 is 39.0 Å². The van der Waals surface area contributed by atoms with Gasteiger partial charge < -0.3 is 42.5 Å². The van der Waals surface area contributed by atoms with Crippen LogP contribution >= 0.6 is 11.8 Å². The molecule has 0 saturated carbocycles. The van der Waals surface area contributed by atoms with Crippen molar-refractivity contribution in [2.24, 2.45) is 5.73 Å². The van der Waals surface area contributed by atoms with Gasteiger partial charge in [0.25, 0.3) is 0 Å². The summed E-state index contributed by atoms with van der Waals surface area (Å²) in [5, 5.41) is 34.1. The number of hydrogen-bond donors (Lipinski definition) is 8. The van der Waals surface area contributed by atoms with E-state index in [0.717, 1.165) is 16.3 Å². The Morgan fingerprint density at radius 2 is 1.60 bits per heavy atom. The zero-order valence-corrected chi connectivity index (χ0v) is 26.0. The molecule has 0 aliphatic heterocycles. The molecule has 0 aliphatic carbocycles. The van der Waals surface area contributed by atoms with E-state index in [1.54, 1.807) is 20.8 Å². The number of thioether (sulfide) groups is 1. The first-order chi connectivity index (χ1) is 20.3. The molecule has 0 fully saturated rings. The number of hydrogen-bond acceptors (Lipinski definition) is 9. The molecule has 0 aromatic carbocycles. The summed E-state index contributed by atoms with van der Waals surface area (Å²) in [6.45, 7) is 7.08. The van der Waals surface area contributed by atoms with Crippen LogP contribution in [0.5, 0.6) is 11.8 Å². The van der Waals surface area contributed by atoms with Crippen LogP contribution in [0.1, 0.15) is 66.2 Å². The summed E-state index contributed by atoms with van der Waals surface area (Å²) in [6, 6.07) is -1.09. The Labute approximate surface area is 255 Å². The van der Waals surface area contributed by atoms with Gasteiger partial charge in [-0.1, -0.05) is 13.8 Å². The van der Waals surface area contributed by atoms with Gasteiger partial charge in [-0.05, 0) is 26.2 Å². The fourth-order valence-corrected chi connectivity index (χ4v) is 4.85. The minimum Gasteiger partial charge on any atom is -0.494 e. The largest absolute Gasteiger partial charge is 0.494 e. The molecular weight excluding hydrogens is 582 g/mol. The van der Waals surface area contributed by atoms with Crippen molar-refractivity contribution in [1.29, 1.82) is 0 Å². The number of primary amides is 1. The number of carbonyl (C=O) groups excluding carboxylic acids is 6. The predicted molar refractivity (Wildman–Crippen MR) is 160 cm³/mol. The number of amides is 6. The Morgan fingerprint density at radius 3 is 2.21 bits per heavy atom. The highest BCUT2D eigenvalue weighted by atomic mass is 32.2. The maximum absolute atomic E-state index is 13.0. The normalized spacial score (nSPS) is 12.8. The van der Waals surface area contributed by atoms with Gasteiger partial charge in [-0.3, -0.25) is 33.3 Å². The lowest BCUT2D eigenvalue weighted by atomic mass is 10.1. The SMILES string of the molecule is CCC(=O)NCCCCC(NC(=O)CC)C(=O)NC(CSc1cc(O)n(CCC(=O)NCC(C)NC(C)=O)c1O)C(N)=O. The fraction of sp³-hybridized carbons (Fsp3) is 0.630. The third kappa shape index (κ3) is 14.2. The van der Waals surface area contributed by atoms with Crippen LogP contribution in [-0.4, -0.2) is 87.2 Å². The van der Waals surface area contributed by atoms with Crippen LogP contribution in [0.25, 0.3) is 0 Å². The average Bonchev–Trinajstić information content (AvgIpc) is 3.22. The lowest BCUT2D eigenvalue weighted by molar-refractivity contribution is -0.131. The number of rotatable bonds is 20. The van der Waals surface area contributed by atoms with Crippen molar-refractivity contribution in [3.05, 3.63) is 6.07 Å². The zero-order valence-electron chi connectivity index (χ0n) is 25.2. The Kier molecular flexibility index (Phi) is 16.6. The van der Waals surface area contributed by atoms with Gasteiger partial charge in [-0.25, -0.2) is 0 Å². The minimum absolute atomic E-state index is 0.0461. The second-order valence-corrected chi connectivity index (χ2v) is 11.0. The molecular formula is C27H45N7O8S. The number of nitrogens with two attached hydrogens (primary N) is 1. The molecule has 0 saturated heterocycles. The van der Waals surface area contributed by atoms with E-state index < -0.39 is 23.9 Å². The van der Waals surface area contributed by atoms with Crippen LogP contribution in [0.3, 0.4) is 0 Å². The number of unbranched alkanes of at least 4 members (excludes halogenated alkanes) is 1. The molecule has 0 aliphatic rings. The molecule has 0 spiro atoms. The number of aromatic hydroxyl groups is 2. The summed E-state index contributed by atoms with van der Waals surface area (Å²) in [4.78, 5) is 72.0. The first-order valence-corrected chi connectivity index (χ1v) is 15.2. The van der Waals surface area contributed by atoms with Crippen LogP contribution in [0, 0.1) is 0 Å². The van der Waals surface area contributed by atoms with E-state index in [0.29, 0.717) is 25.8 Å². The Balaban J connectivity index is 2.75. The topological polar surface area (TPSA) is 234 Å². The molecule has 1 aromatic rings. The van der Waals surface area contributed by atoms with Gasteiger partial charge in [-0.15, -0.1) is 11.8 Å². The van der Waals surface area contributed by atoms with Crippen molar-refractivity contribution in [1.82, 2.24) is 31.2 Å². The molecule has 1 heterocycles. The third-order valence-corrected chi connectivity index (χ3v) is 7.34. The van der Waals surface area contributed by atoms with Gasteiger partial charge in [0.15, 0.2) is 5.88 Å². The summed E-state index contributed by atoms with van der Waals surface area (Å²) in [5.74, 6) is -3.17. The Bertz CT molecular complexity index is 1130. The second-order valence-electron chi connectivity index (χ2n) is 9.95. The van der Waals surface area contributed by atoms with Crippen molar-refractivity contribution in [2.45, 2.75) is 95.8 Å². The first-order valence-electron chi connectivity index (χ1n) is 14.2. The predicted octanol–water partition coefficient (Wildman–Crippen LogP) is -0.416. The number of nitrogens with zero attached hydrogens (tertiary/aromatic N) is 1. The number of nitrogens with one attached hydrogen (secondary N) is 5. The van der Waals surface area contributed by atoms with E-state index in [-0.39, 0.29) is 84.4 Å². The van der Waals surface area contributed by atoms with Gasteiger partial charge in [-0.2, -0.15) is 0 Å². The lowest BCUT2D eigenvalue weighted by Gasteiger charge is -2.22. The standard InChI is InChI=1S/C27H45N7O8S/c1-5-21(36)29-11-8-7-9-18(32-22(37)6-2)26(41)33-19(25(28)40)15-43-20-13-24(39)34(27(20)42)12-10-23(38)30-14-16(3)31-17(4)35/h13,16,18-19,39,42H,5-12,14-15H2,1-4H3,(H2,28,40)(H,29,36)(H,30,38)(H,31,35)(H,32,37)(H,33,41). The summed E-state index contributed by atoms with van der Waals surface area (Å²) in [5.41, 5.74) is 5.51. The molecule has 15 nitrogen and oxygen atoms in total. The highest BCUT2D eigenvalue weighted by molar-refractivity contribution is 7.99. The van der Waals surface area contributed by atoms with Gasteiger partial charge in [0, 0.05) is 63.7 Å². The molecule has 43 heavy (non-hydrogen) atoms.